The number of halogens is 1. The van der Waals surface area contributed by atoms with E-state index >= 15 is 0 Å². The maximum Gasteiger partial charge on any atom is 0.289 e. The summed E-state index contributed by atoms with van der Waals surface area (Å²) in [5, 5.41) is 14.2. The van der Waals surface area contributed by atoms with E-state index in [2.05, 4.69) is 21.2 Å². The van der Waals surface area contributed by atoms with E-state index in [-0.39, 0.29) is 10.9 Å². The van der Waals surface area contributed by atoms with Crippen LogP contribution in [0, 0.1) is 10.1 Å². The number of nitrogens with zero attached hydrogens (tertiary/aromatic N) is 2. The lowest BCUT2D eigenvalue weighted by Crippen LogP contribution is -2.43. The van der Waals surface area contributed by atoms with Gasteiger partial charge in [-0.25, -0.2) is 8.42 Å². The van der Waals surface area contributed by atoms with Gasteiger partial charge in [0.15, 0.2) is 4.90 Å². The molecule has 0 atom stereocenters. The number of piperidine rings is 1. The van der Waals surface area contributed by atoms with Gasteiger partial charge in [-0.05, 0) is 32.0 Å². The average Bonchev–Trinajstić information content (AvgIpc) is 2.47. The quantitative estimate of drug-likeness (QED) is 0.636. The maximum atomic E-state index is 12.6. The Morgan fingerprint density at radius 3 is 2.52 bits per heavy atom. The summed E-state index contributed by atoms with van der Waals surface area (Å²) in [6.07, 6.45) is 1.38. The van der Waals surface area contributed by atoms with Gasteiger partial charge in [0.25, 0.3) is 5.69 Å². The lowest BCUT2D eigenvalue weighted by Gasteiger charge is -2.30. The van der Waals surface area contributed by atoms with E-state index in [1.807, 2.05) is 7.05 Å². The zero-order valence-electron chi connectivity index (χ0n) is 11.5. The molecule has 0 bridgehead atoms. The van der Waals surface area contributed by atoms with E-state index in [1.165, 1.54) is 22.5 Å². The fourth-order valence-corrected chi connectivity index (χ4v) is 4.53. The van der Waals surface area contributed by atoms with Crippen LogP contribution in [0.3, 0.4) is 0 Å². The van der Waals surface area contributed by atoms with Crippen LogP contribution >= 0.6 is 15.9 Å². The second kappa shape index (κ2) is 6.39. The fourth-order valence-electron chi connectivity index (χ4n) is 2.37. The highest BCUT2D eigenvalue weighted by Crippen LogP contribution is 2.30. The van der Waals surface area contributed by atoms with E-state index in [1.54, 1.807) is 0 Å². The standard InChI is InChI=1S/C12H16BrN3O4S/c1-14-10-4-6-15(7-5-10)21(19,20)12-8-9(13)2-3-11(12)16(17)18/h2-3,8,10,14H,4-7H2,1H3. The molecule has 9 heteroatoms. The molecule has 21 heavy (non-hydrogen) atoms. The summed E-state index contributed by atoms with van der Waals surface area (Å²) in [6, 6.07) is 4.24. The van der Waals surface area contributed by atoms with Crippen molar-refractivity contribution in [2.24, 2.45) is 0 Å². The molecule has 1 aliphatic heterocycles. The first-order chi connectivity index (χ1) is 9.86. The first-order valence-electron chi connectivity index (χ1n) is 6.47. The molecule has 0 aliphatic carbocycles. The molecular weight excluding hydrogens is 362 g/mol. The van der Waals surface area contributed by atoms with Crippen molar-refractivity contribution in [3.63, 3.8) is 0 Å². The number of hydrogen-bond acceptors (Lipinski definition) is 5. The van der Waals surface area contributed by atoms with Gasteiger partial charge >= 0.3 is 0 Å². The van der Waals surface area contributed by atoms with Crippen molar-refractivity contribution in [2.75, 3.05) is 20.1 Å². The first-order valence-corrected chi connectivity index (χ1v) is 8.71. The molecule has 1 heterocycles. The Kier molecular flexibility index (Phi) is 4.97. The summed E-state index contributed by atoms with van der Waals surface area (Å²) in [5.74, 6) is 0. The van der Waals surface area contributed by atoms with Gasteiger partial charge in [0.2, 0.25) is 10.0 Å². The molecule has 1 N–H and O–H groups in total. The van der Waals surface area contributed by atoms with Crippen LogP contribution in [-0.4, -0.2) is 43.8 Å². The molecule has 1 fully saturated rings. The Bertz CT molecular complexity index is 642. The highest BCUT2D eigenvalue weighted by atomic mass is 79.9. The van der Waals surface area contributed by atoms with Crippen LogP contribution < -0.4 is 5.32 Å². The zero-order chi connectivity index (χ0) is 15.6. The summed E-state index contributed by atoms with van der Waals surface area (Å²) < 4.78 is 27.1. The third kappa shape index (κ3) is 3.42. The minimum atomic E-state index is -3.86. The Hall–Kier alpha value is -1.03. The van der Waals surface area contributed by atoms with E-state index in [0.717, 1.165) is 0 Å². The molecule has 0 saturated carbocycles. The SMILES string of the molecule is CNC1CCN(S(=O)(=O)c2cc(Br)ccc2[N+](=O)[O-])CC1. The number of sulfonamides is 1. The van der Waals surface area contributed by atoms with E-state index in [4.69, 9.17) is 0 Å². The van der Waals surface area contributed by atoms with E-state index in [0.29, 0.717) is 30.4 Å². The summed E-state index contributed by atoms with van der Waals surface area (Å²) in [7, 11) is -2.02. The van der Waals surface area contributed by atoms with Crippen LogP contribution in [0.5, 0.6) is 0 Å². The van der Waals surface area contributed by atoms with Crippen molar-refractivity contribution in [1.82, 2.24) is 9.62 Å². The number of benzene rings is 1. The number of hydrogen-bond donors (Lipinski definition) is 1. The Balaban J connectivity index is 2.36. The lowest BCUT2D eigenvalue weighted by molar-refractivity contribution is -0.387. The van der Waals surface area contributed by atoms with Gasteiger partial charge in [-0.3, -0.25) is 10.1 Å². The molecule has 1 aromatic rings. The molecule has 1 aromatic carbocycles. The van der Waals surface area contributed by atoms with Gasteiger partial charge in [-0.1, -0.05) is 15.9 Å². The predicted molar refractivity (Wildman–Crippen MR) is 81.6 cm³/mol. The molecule has 7 nitrogen and oxygen atoms in total. The molecule has 2 rings (SSSR count). The third-order valence-corrected chi connectivity index (χ3v) is 6.02. The van der Waals surface area contributed by atoms with Crippen molar-refractivity contribution in [3.05, 3.63) is 32.8 Å². The van der Waals surface area contributed by atoms with E-state index in [9.17, 15) is 18.5 Å². The van der Waals surface area contributed by atoms with Crippen LogP contribution in [-0.2, 0) is 10.0 Å². The van der Waals surface area contributed by atoms with Crippen LogP contribution in [0.25, 0.3) is 0 Å². The maximum absolute atomic E-state index is 12.6. The van der Waals surface area contributed by atoms with Crippen LogP contribution in [0.15, 0.2) is 27.6 Å². The molecule has 116 valence electrons. The number of nitro benzene ring substituents is 1. The van der Waals surface area contributed by atoms with Gasteiger partial charge in [0.1, 0.15) is 0 Å². The van der Waals surface area contributed by atoms with Crippen molar-refractivity contribution in [2.45, 2.75) is 23.8 Å². The molecule has 0 aromatic heterocycles. The lowest BCUT2D eigenvalue weighted by atomic mass is 10.1. The van der Waals surface area contributed by atoms with Gasteiger partial charge in [0, 0.05) is 29.7 Å². The van der Waals surface area contributed by atoms with Gasteiger partial charge in [-0.15, -0.1) is 0 Å². The normalized spacial score (nSPS) is 17.8. The van der Waals surface area contributed by atoms with Crippen molar-refractivity contribution in [3.8, 4) is 0 Å². The van der Waals surface area contributed by atoms with Crippen molar-refractivity contribution >= 4 is 31.6 Å². The fraction of sp³-hybridized carbons (Fsp3) is 0.500. The number of nitrogens with one attached hydrogen (secondary N) is 1. The van der Waals surface area contributed by atoms with Gasteiger partial charge in [-0.2, -0.15) is 4.31 Å². The van der Waals surface area contributed by atoms with Crippen LogP contribution in [0.1, 0.15) is 12.8 Å². The minimum absolute atomic E-state index is 0.259. The largest absolute Gasteiger partial charge is 0.317 e. The average molecular weight is 378 g/mol. The van der Waals surface area contributed by atoms with Gasteiger partial charge < -0.3 is 5.32 Å². The number of nitro groups is 1. The number of rotatable bonds is 4. The zero-order valence-corrected chi connectivity index (χ0v) is 13.9. The first kappa shape index (κ1) is 16.3. The molecule has 1 aliphatic rings. The monoisotopic (exact) mass is 377 g/mol. The topological polar surface area (TPSA) is 92.6 Å². The molecular formula is C12H16BrN3O4S. The smallest absolute Gasteiger partial charge is 0.289 e. The second-order valence-electron chi connectivity index (χ2n) is 4.84. The Morgan fingerprint density at radius 2 is 2.00 bits per heavy atom. The van der Waals surface area contributed by atoms with E-state index < -0.39 is 20.6 Å². The second-order valence-corrected chi connectivity index (χ2v) is 7.66. The van der Waals surface area contributed by atoms with Crippen LogP contribution in [0.2, 0.25) is 0 Å². The Morgan fingerprint density at radius 1 is 1.38 bits per heavy atom. The molecule has 0 amide bonds. The molecule has 0 spiro atoms. The van der Waals surface area contributed by atoms with Crippen molar-refractivity contribution < 1.29 is 13.3 Å². The Labute approximate surface area is 131 Å². The highest BCUT2D eigenvalue weighted by Gasteiger charge is 2.34. The molecule has 1 saturated heterocycles. The van der Waals surface area contributed by atoms with Gasteiger partial charge in [0.05, 0.1) is 4.92 Å². The molecule has 0 unspecified atom stereocenters. The summed E-state index contributed by atoms with van der Waals surface area (Å²) in [5.41, 5.74) is -0.395. The third-order valence-electron chi connectivity index (χ3n) is 3.60. The summed E-state index contributed by atoms with van der Waals surface area (Å²) in [4.78, 5) is 10.1. The van der Waals surface area contributed by atoms with Crippen LogP contribution in [0.4, 0.5) is 5.69 Å². The van der Waals surface area contributed by atoms with Crippen molar-refractivity contribution in [1.29, 1.82) is 0 Å². The molecule has 0 radical (unpaired) electrons. The summed E-state index contributed by atoms with van der Waals surface area (Å²) in [6.45, 7) is 0.717. The summed E-state index contributed by atoms with van der Waals surface area (Å²) >= 11 is 3.17. The highest BCUT2D eigenvalue weighted by molar-refractivity contribution is 9.10. The predicted octanol–water partition coefficient (Wildman–Crippen LogP) is 1.73. The minimum Gasteiger partial charge on any atom is -0.317 e.